The third-order valence-corrected chi connectivity index (χ3v) is 3.12. The molecule has 0 aliphatic carbocycles. The van der Waals surface area contributed by atoms with Gasteiger partial charge in [0.05, 0.1) is 0 Å². The van der Waals surface area contributed by atoms with Gasteiger partial charge in [-0.1, -0.05) is 12.1 Å². The topological polar surface area (TPSA) is 135 Å². The van der Waals surface area contributed by atoms with Crippen LogP contribution in [-0.2, 0) is 0 Å². The minimum Gasteiger partial charge on any atom is -0.424 e. The van der Waals surface area contributed by atoms with E-state index in [2.05, 4.69) is 20.3 Å². The molecule has 0 saturated heterocycles. The van der Waals surface area contributed by atoms with Crippen molar-refractivity contribution in [2.24, 2.45) is 0 Å². The fourth-order valence-corrected chi connectivity index (χ4v) is 2.04. The van der Waals surface area contributed by atoms with Gasteiger partial charge in [0.2, 0.25) is 11.9 Å². The van der Waals surface area contributed by atoms with E-state index < -0.39 is 11.7 Å². The molecule has 2 aromatic carbocycles. The van der Waals surface area contributed by atoms with E-state index in [0.29, 0.717) is 5.69 Å². The van der Waals surface area contributed by atoms with Crippen LogP contribution in [0.3, 0.4) is 0 Å². The number of nitrogens with two attached hydrogens (primary N) is 1. The van der Waals surface area contributed by atoms with Gasteiger partial charge in [-0.05, 0) is 36.4 Å². The van der Waals surface area contributed by atoms with Crippen LogP contribution < -0.4 is 21.3 Å². The summed E-state index contributed by atoms with van der Waals surface area (Å²) in [5.41, 5.74) is 7.76. The third-order valence-electron chi connectivity index (χ3n) is 3.12. The average Bonchev–Trinajstić information content (AvgIpc) is 2.60. The summed E-state index contributed by atoms with van der Waals surface area (Å²) in [4.78, 5) is 23.2. The maximum atomic E-state index is 13.3. The molecule has 5 N–H and O–H groups in total. The molecular formula is C16H13FN6O3. The summed E-state index contributed by atoms with van der Waals surface area (Å²) < 4.78 is 18.7. The average molecular weight is 356 g/mol. The predicted octanol–water partition coefficient (Wildman–Crippen LogP) is 2.25. The fourth-order valence-electron chi connectivity index (χ4n) is 2.04. The molecule has 0 unspecified atom stereocenters. The quantitative estimate of drug-likeness (QED) is 0.404. The first kappa shape index (κ1) is 17.0. The van der Waals surface area contributed by atoms with E-state index in [1.54, 1.807) is 18.2 Å². The first-order valence-corrected chi connectivity index (χ1v) is 7.30. The van der Waals surface area contributed by atoms with E-state index in [4.69, 9.17) is 15.7 Å². The van der Waals surface area contributed by atoms with Gasteiger partial charge in [0.1, 0.15) is 11.6 Å². The maximum absolute atomic E-state index is 13.3. The summed E-state index contributed by atoms with van der Waals surface area (Å²) in [5.74, 6) is -0.930. The molecule has 0 aliphatic rings. The fraction of sp³-hybridized carbons (Fsp3) is 0. The maximum Gasteiger partial charge on any atom is 0.328 e. The van der Waals surface area contributed by atoms with Crippen molar-refractivity contribution >= 4 is 23.5 Å². The van der Waals surface area contributed by atoms with Crippen molar-refractivity contribution in [3.63, 3.8) is 0 Å². The van der Waals surface area contributed by atoms with Gasteiger partial charge in [-0.3, -0.25) is 10.0 Å². The molecule has 9 nitrogen and oxygen atoms in total. The lowest BCUT2D eigenvalue weighted by Gasteiger charge is -2.09. The van der Waals surface area contributed by atoms with Crippen molar-refractivity contribution in [3.8, 4) is 11.8 Å². The third kappa shape index (κ3) is 4.19. The van der Waals surface area contributed by atoms with Gasteiger partial charge in [0.15, 0.2) is 0 Å². The molecule has 0 atom stereocenters. The van der Waals surface area contributed by atoms with Crippen LogP contribution in [0, 0.1) is 5.82 Å². The Labute approximate surface area is 146 Å². The second kappa shape index (κ2) is 7.40. The van der Waals surface area contributed by atoms with Crippen LogP contribution in [0.5, 0.6) is 11.8 Å². The number of nitrogens with one attached hydrogen (secondary N) is 2. The zero-order valence-electron chi connectivity index (χ0n) is 13.2. The number of carbonyl (C=O) groups excluding carboxylic acids is 1. The summed E-state index contributed by atoms with van der Waals surface area (Å²) in [6.07, 6.45) is 0. The number of nitrogens with zero attached hydrogens (tertiary/aromatic N) is 3. The zero-order chi connectivity index (χ0) is 18.5. The Bertz CT molecular complexity index is 953. The lowest BCUT2D eigenvalue weighted by atomic mass is 10.2. The van der Waals surface area contributed by atoms with Gasteiger partial charge in [0, 0.05) is 11.3 Å². The largest absolute Gasteiger partial charge is 0.424 e. The summed E-state index contributed by atoms with van der Waals surface area (Å²) in [7, 11) is 0. The van der Waals surface area contributed by atoms with Crippen molar-refractivity contribution in [2.75, 3.05) is 11.1 Å². The number of carbonyl (C=O) groups is 1. The molecule has 0 aliphatic heterocycles. The smallest absolute Gasteiger partial charge is 0.328 e. The van der Waals surface area contributed by atoms with Gasteiger partial charge in [-0.25, -0.2) is 9.87 Å². The molecule has 3 aromatic rings. The number of benzene rings is 2. The normalized spacial score (nSPS) is 10.2. The van der Waals surface area contributed by atoms with E-state index in [0.717, 1.165) is 0 Å². The number of anilines is 3. The Morgan fingerprint density at radius 2 is 1.92 bits per heavy atom. The molecule has 132 valence electrons. The number of halogens is 1. The van der Waals surface area contributed by atoms with Crippen molar-refractivity contribution in [2.45, 2.75) is 0 Å². The Kier molecular flexibility index (Phi) is 4.85. The summed E-state index contributed by atoms with van der Waals surface area (Å²) in [6.45, 7) is 0. The van der Waals surface area contributed by atoms with Gasteiger partial charge < -0.3 is 15.8 Å². The van der Waals surface area contributed by atoms with Crippen LogP contribution in [0.2, 0.25) is 0 Å². The van der Waals surface area contributed by atoms with E-state index in [1.807, 2.05) is 0 Å². The van der Waals surface area contributed by atoms with Crippen LogP contribution in [-0.4, -0.2) is 26.1 Å². The van der Waals surface area contributed by atoms with E-state index in [-0.39, 0.29) is 29.2 Å². The molecule has 1 amide bonds. The van der Waals surface area contributed by atoms with Crippen molar-refractivity contribution in [1.29, 1.82) is 0 Å². The van der Waals surface area contributed by atoms with Crippen LogP contribution in [0.15, 0.2) is 48.5 Å². The van der Waals surface area contributed by atoms with Crippen molar-refractivity contribution < 1.29 is 19.1 Å². The Morgan fingerprint density at radius 3 is 2.69 bits per heavy atom. The van der Waals surface area contributed by atoms with Crippen molar-refractivity contribution in [3.05, 3.63) is 59.9 Å². The van der Waals surface area contributed by atoms with Gasteiger partial charge in [-0.15, -0.1) is 0 Å². The minimum absolute atomic E-state index is 0.0577. The molecular weight excluding hydrogens is 343 g/mol. The molecule has 26 heavy (non-hydrogen) atoms. The van der Waals surface area contributed by atoms with Crippen LogP contribution in [0.25, 0.3) is 0 Å². The molecule has 10 heteroatoms. The Balaban J connectivity index is 1.83. The second-order valence-corrected chi connectivity index (χ2v) is 5.01. The highest BCUT2D eigenvalue weighted by Gasteiger charge is 2.10. The Hall–Kier alpha value is -3.79. The standard InChI is InChI=1S/C16H13FN6O3/c17-10-4-2-5-11(8-10)19-15-20-14(18)21-16(22-15)26-12-6-1-3-9(7-12)13(24)23-25/h1-8,25H,(H,23,24)(H3,18,19,20,21,22). The summed E-state index contributed by atoms with van der Waals surface area (Å²) in [6, 6.07) is 11.6. The molecule has 0 fully saturated rings. The van der Waals surface area contributed by atoms with E-state index in [9.17, 15) is 9.18 Å². The molecule has 0 radical (unpaired) electrons. The number of amides is 1. The highest BCUT2D eigenvalue weighted by molar-refractivity contribution is 5.93. The molecule has 0 saturated carbocycles. The summed E-state index contributed by atoms with van der Waals surface area (Å²) >= 11 is 0. The molecule has 1 heterocycles. The molecule has 0 bridgehead atoms. The summed E-state index contributed by atoms with van der Waals surface area (Å²) in [5, 5.41) is 11.5. The monoisotopic (exact) mass is 356 g/mol. The molecule has 0 spiro atoms. The highest BCUT2D eigenvalue weighted by atomic mass is 19.1. The van der Waals surface area contributed by atoms with E-state index in [1.165, 1.54) is 35.8 Å². The second-order valence-electron chi connectivity index (χ2n) is 5.01. The first-order chi connectivity index (χ1) is 12.5. The number of hydroxylamine groups is 1. The van der Waals surface area contributed by atoms with Gasteiger partial charge >= 0.3 is 6.01 Å². The van der Waals surface area contributed by atoms with Gasteiger partial charge in [0.25, 0.3) is 5.91 Å². The number of hydrogen-bond acceptors (Lipinski definition) is 8. The number of hydrogen-bond donors (Lipinski definition) is 4. The Morgan fingerprint density at radius 1 is 1.12 bits per heavy atom. The van der Waals surface area contributed by atoms with Crippen LogP contribution in [0.4, 0.5) is 22.0 Å². The minimum atomic E-state index is -0.695. The zero-order valence-corrected chi connectivity index (χ0v) is 13.2. The number of ether oxygens (including phenoxy) is 1. The predicted molar refractivity (Wildman–Crippen MR) is 89.7 cm³/mol. The van der Waals surface area contributed by atoms with Gasteiger partial charge in [-0.2, -0.15) is 15.0 Å². The molecule has 3 rings (SSSR count). The first-order valence-electron chi connectivity index (χ1n) is 7.30. The van der Waals surface area contributed by atoms with Crippen LogP contribution >= 0.6 is 0 Å². The number of nitrogen functional groups attached to an aromatic ring is 1. The highest BCUT2D eigenvalue weighted by Crippen LogP contribution is 2.22. The SMILES string of the molecule is Nc1nc(Nc2cccc(F)c2)nc(Oc2cccc(C(=O)NO)c2)n1. The number of aromatic nitrogens is 3. The molecule has 1 aromatic heterocycles. The van der Waals surface area contributed by atoms with E-state index >= 15 is 0 Å². The van der Waals surface area contributed by atoms with Crippen molar-refractivity contribution in [1.82, 2.24) is 20.4 Å². The lowest BCUT2D eigenvalue weighted by Crippen LogP contribution is -2.18. The lowest BCUT2D eigenvalue weighted by molar-refractivity contribution is 0.0706. The van der Waals surface area contributed by atoms with Crippen LogP contribution in [0.1, 0.15) is 10.4 Å². The number of rotatable bonds is 5.